The number of hydrogen-bond donors (Lipinski definition) is 0. The summed E-state index contributed by atoms with van der Waals surface area (Å²) in [6.45, 7) is 0.844. The van der Waals surface area contributed by atoms with Gasteiger partial charge in [-0.2, -0.15) is 0 Å². The highest BCUT2D eigenvalue weighted by Crippen LogP contribution is 2.43. The Morgan fingerprint density at radius 3 is 2.60 bits per heavy atom. The van der Waals surface area contributed by atoms with E-state index in [4.69, 9.17) is 9.47 Å². The highest BCUT2D eigenvalue weighted by atomic mass is 16.5. The summed E-state index contributed by atoms with van der Waals surface area (Å²) in [6.07, 6.45) is 11.5. The fourth-order valence-electron chi connectivity index (χ4n) is 3.76. The molecule has 1 unspecified atom stereocenters. The zero-order chi connectivity index (χ0) is 13.4. The first-order valence-corrected chi connectivity index (χ1v) is 8.10. The van der Waals surface area contributed by atoms with Crippen LogP contribution in [0.2, 0.25) is 0 Å². The van der Waals surface area contributed by atoms with Gasteiger partial charge in [-0.05, 0) is 55.9 Å². The summed E-state index contributed by atoms with van der Waals surface area (Å²) >= 11 is 0. The molecule has 0 radical (unpaired) electrons. The number of ether oxygens (including phenoxy) is 2. The maximum Gasteiger partial charge on any atom is 0.217 e. The average molecular weight is 273 g/mol. The molecule has 3 nitrogen and oxygen atoms in total. The Hall–Kier alpha value is -1.25. The Kier molecular flexibility index (Phi) is 3.29. The van der Waals surface area contributed by atoms with Crippen LogP contribution in [0.15, 0.2) is 18.3 Å². The van der Waals surface area contributed by atoms with Gasteiger partial charge in [0.05, 0.1) is 6.61 Å². The number of nitrogens with zero attached hydrogens (tertiary/aromatic N) is 1. The number of rotatable bonds is 5. The van der Waals surface area contributed by atoms with Gasteiger partial charge in [0.15, 0.2) is 0 Å². The fraction of sp³-hybridized carbons (Fsp3) is 0.706. The van der Waals surface area contributed by atoms with E-state index in [1.54, 1.807) is 6.20 Å². The highest BCUT2D eigenvalue weighted by molar-refractivity contribution is 5.26. The maximum absolute atomic E-state index is 6.11. The van der Waals surface area contributed by atoms with Crippen molar-refractivity contribution in [3.63, 3.8) is 0 Å². The molecule has 0 aliphatic heterocycles. The second kappa shape index (κ2) is 5.27. The molecule has 3 heteroatoms. The van der Waals surface area contributed by atoms with Gasteiger partial charge >= 0.3 is 0 Å². The van der Waals surface area contributed by atoms with Crippen molar-refractivity contribution in [3.05, 3.63) is 18.3 Å². The van der Waals surface area contributed by atoms with Crippen LogP contribution in [0.3, 0.4) is 0 Å². The van der Waals surface area contributed by atoms with Crippen LogP contribution in [-0.4, -0.2) is 17.7 Å². The van der Waals surface area contributed by atoms with Gasteiger partial charge in [0.2, 0.25) is 5.88 Å². The third-order valence-corrected chi connectivity index (χ3v) is 5.02. The largest absolute Gasteiger partial charge is 0.493 e. The first-order valence-electron chi connectivity index (χ1n) is 8.10. The van der Waals surface area contributed by atoms with Crippen LogP contribution in [0.1, 0.15) is 44.9 Å². The SMILES string of the molecule is c1cc(OCC2CC2)cc(OC2C[C@H]3CC[C@@H](C2)C3)n1. The van der Waals surface area contributed by atoms with Crippen molar-refractivity contribution in [1.82, 2.24) is 4.98 Å². The Morgan fingerprint density at radius 1 is 1.05 bits per heavy atom. The van der Waals surface area contributed by atoms with Crippen LogP contribution in [0, 0.1) is 17.8 Å². The first kappa shape index (κ1) is 12.5. The highest BCUT2D eigenvalue weighted by Gasteiger charge is 2.35. The molecule has 108 valence electrons. The lowest BCUT2D eigenvalue weighted by atomic mass is 9.87. The van der Waals surface area contributed by atoms with Crippen LogP contribution in [0.25, 0.3) is 0 Å². The second-order valence-corrected chi connectivity index (χ2v) is 6.84. The molecular weight excluding hydrogens is 250 g/mol. The van der Waals surface area contributed by atoms with E-state index in [1.165, 1.54) is 44.9 Å². The lowest BCUT2D eigenvalue weighted by Gasteiger charge is -2.27. The van der Waals surface area contributed by atoms with E-state index in [0.29, 0.717) is 6.10 Å². The minimum absolute atomic E-state index is 0.368. The van der Waals surface area contributed by atoms with E-state index in [2.05, 4.69) is 4.98 Å². The number of aromatic nitrogens is 1. The third kappa shape index (κ3) is 2.92. The molecule has 0 aromatic carbocycles. The van der Waals surface area contributed by atoms with Gasteiger partial charge in [-0.25, -0.2) is 4.98 Å². The van der Waals surface area contributed by atoms with Crippen molar-refractivity contribution >= 4 is 0 Å². The van der Waals surface area contributed by atoms with Crippen molar-refractivity contribution in [3.8, 4) is 11.6 Å². The van der Waals surface area contributed by atoms with Crippen molar-refractivity contribution < 1.29 is 9.47 Å². The molecule has 3 atom stereocenters. The molecule has 1 aromatic heterocycles. The molecule has 3 aliphatic rings. The fourth-order valence-corrected chi connectivity index (χ4v) is 3.76. The number of fused-ring (bicyclic) bond motifs is 2. The van der Waals surface area contributed by atoms with Gasteiger partial charge in [-0.1, -0.05) is 12.8 Å². The van der Waals surface area contributed by atoms with Crippen LogP contribution < -0.4 is 9.47 Å². The maximum atomic E-state index is 6.11. The number of hydrogen-bond acceptors (Lipinski definition) is 3. The molecule has 0 N–H and O–H groups in total. The molecule has 0 spiro atoms. The van der Waals surface area contributed by atoms with Crippen molar-refractivity contribution in [1.29, 1.82) is 0 Å². The van der Waals surface area contributed by atoms with Crippen LogP contribution in [-0.2, 0) is 0 Å². The van der Waals surface area contributed by atoms with E-state index in [1.807, 2.05) is 12.1 Å². The minimum atomic E-state index is 0.368. The zero-order valence-electron chi connectivity index (χ0n) is 12.0. The Morgan fingerprint density at radius 2 is 1.85 bits per heavy atom. The van der Waals surface area contributed by atoms with Gasteiger partial charge in [-0.3, -0.25) is 0 Å². The molecule has 4 rings (SSSR count). The van der Waals surface area contributed by atoms with E-state index in [9.17, 15) is 0 Å². The van der Waals surface area contributed by atoms with Crippen LogP contribution in [0.5, 0.6) is 11.6 Å². The van der Waals surface area contributed by atoms with Gasteiger partial charge in [0, 0.05) is 12.3 Å². The van der Waals surface area contributed by atoms with Crippen molar-refractivity contribution in [2.24, 2.45) is 17.8 Å². The third-order valence-electron chi connectivity index (χ3n) is 5.02. The molecule has 1 heterocycles. The van der Waals surface area contributed by atoms with Crippen molar-refractivity contribution in [2.75, 3.05) is 6.61 Å². The molecule has 0 amide bonds. The molecule has 1 aromatic rings. The first-order chi connectivity index (χ1) is 9.85. The average Bonchev–Trinajstić information content (AvgIpc) is 3.22. The van der Waals surface area contributed by atoms with Crippen LogP contribution in [0.4, 0.5) is 0 Å². The zero-order valence-corrected chi connectivity index (χ0v) is 12.0. The summed E-state index contributed by atoms with van der Waals surface area (Å²) in [5.41, 5.74) is 0. The van der Waals surface area contributed by atoms with Gasteiger partial charge < -0.3 is 9.47 Å². The summed E-state index contributed by atoms with van der Waals surface area (Å²) in [7, 11) is 0. The van der Waals surface area contributed by atoms with E-state index in [0.717, 1.165) is 36.0 Å². The van der Waals surface area contributed by atoms with Gasteiger partial charge in [0.25, 0.3) is 0 Å². The molecule has 0 saturated heterocycles. The standard InChI is InChI=1S/C17H23NO2/c1-2-12(1)11-19-15-5-6-18-17(10-15)20-16-8-13-3-4-14(7-13)9-16/h5-6,10,12-14,16H,1-4,7-9,11H2/t13-,14+,16?. The van der Waals surface area contributed by atoms with E-state index < -0.39 is 0 Å². The molecule has 20 heavy (non-hydrogen) atoms. The van der Waals surface area contributed by atoms with Gasteiger partial charge in [-0.15, -0.1) is 0 Å². The summed E-state index contributed by atoms with van der Waals surface area (Å²) < 4.78 is 11.9. The lowest BCUT2D eigenvalue weighted by molar-refractivity contribution is 0.113. The molecule has 3 aliphatic carbocycles. The molecule has 3 saturated carbocycles. The normalized spacial score (nSPS) is 32.1. The van der Waals surface area contributed by atoms with E-state index in [-0.39, 0.29) is 0 Å². The second-order valence-electron chi connectivity index (χ2n) is 6.84. The Bertz CT molecular complexity index is 460. The van der Waals surface area contributed by atoms with Gasteiger partial charge in [0.1, 0.15) is 11.9 Å². The topological polar surface area (TPSA) is 31.4 Å². The summed E-state index contributed by atoms with van der Waals surface area (Å²) in [5.74, 6) is 4.22. The predicted octanol–water partition coefficient (Wildman–Crippen LogP) is 3.83. The summed E-state index contributed by atoms with van der Waals surface area (Å²) in [4.78, 5) is 4.34. The quantitative estimate of drug-likeness (QED) is 0.817. The minimum Gasteiger partial charge on any atom is -0.493 e. The summed E-state index contributed by atoms with van der Waals surface area (Å²) in [5, 5.41) is 0. The smallest absolute Gasteiger partial charge is 0.217 e. The molecule has 3 fully saturated rings. The lowest BCUT2D eigenvalue weighted by Crippen LogP contribution is -2.26. The predicted molar refractivity (Wildman–Crippen MR) is 76.9 cm³/mol. The molecule has 2 bridgehead atoms. The summed E-state index contributed by atoms with van der Waals surface area (Å²) in [6, 6.07) is 3.89. The molecular formula is C17H23NO2. The Labute approximate surface area is 120 Å². The van der Waals surface area contributed by atoms with E-state index >= 15 is 0 Å². The van der Waals surface area contributed by atoms with Crippen LogP contribution >= 0.6 is 0 Å². The number of pyridine rings is 1. The monoisotopic (exact) mass is 273 g/mol. The Balaban J connectivity index is 1.36. The van der Waals surface area contributed by atoms with Crippen molar-refractivity contribution in [2.45, 2.75) is 51.0 Å².